The average molecular weight is 331 g/mol. The van der Waals surface area contributed by atoms with Gasteiger partial charge in [0.05, 0.1) is 17.9 Å². The maximum absolute atomic E-state index is 11.9. The van der Waals surface area contributed by atoms with Gasteiger partial charge in [-0.15, -0.1) is 0 Å². The van der Waals surface area contributed by atoms with Crippen LogP contribution in [-0.2, 0) is 11.3 Å². The monoisotopic (exact) mass is 331 g/mol. The predicted octanol–water partition coefficient (Wildman–Crippen LogP) is 4.04. The SMILES string of the molecule is C=C(C)C(=O)NCc1c(C)nc(-c2ccccc2)n1-c1ccccc1. The molecule has 1 aromatic heterocycles. The fraction of sp³-hybridized carbons (Fsp3) is 0.143. The van der Waals surface area contributed by atoms with Gasteiger partial charge >= 0.3 is 0 Å². The van der Waals surface area contributed by atoms with Crippen LogP contribution in [-0.4, -0.2) is 15.5 Å². The van der Waals surface area contributed by atoms with Gasteiger partial charge in [0.2, 0.25) is 5.91 Å². The van der Waals surface area contributed by atoms with E-state index in [0.717, 1.165) is 28.5 Å². The van der Waals surface area contributed by atoms with Crippen LogP contribution in [0.5, 0.6) is 0 Å². The van der Waals surface area contributed by atoms with Gasteiger partial charge in [-0.25, -0.2) is 4.98 Å². The van der Waals surface area contributed by atoms with Gasteiger partial charge in [0.25, 0.3) is 0 Å². The fourth-order valence-electron chi connectivity index (χ4n) is 2.72. The van der Waals surface area contributed by atoms with E-state index in [-0.39, 0.29) is 5.91 Å². The lowest BCUT2D eigenvalue weighted by Gasteiger charge is -2.13. The van der Waals surface area contributed by atoms with Crippen LogP contribution in [0.1, 0.15) is 18.3 Å². The Morgan fingerprint density at radius 3 is 2.28 bits per heavy atom. The molecule has 1 N–H and O–H groups in total. The summed E-state index contributed by atoms with van der Waals surface area (Å²) in [4.78, 5) is 16.7. The maximum Gasteiger partial charge on any atom is 0.246 e. The molecule has 0 aliphatic carbocycles. The molecule has 3 rings (SSSR count). The van der Waals surface area contributed by atoms with Gasteiger partial charge in [0.1, 0.15) is 5.82 Å². The number of imidazole rings is 1. The van der Waals surface area contributed by atoms with E-state index < -0.39 is 0 Å². The quantitative estimate of drug-likeness (QED) is 0.717. The number of aromatic nitrogens is 2. The van der Waals surface area contributed by atoms with Crippen LogP contribution < -0.4 is 5.32 Å². The highest BCUT2D eigenvalue weighted by atomic mass is 16.1. The van der Waals surface area contributed by atoms with Crippen LogP contribution in [0.15, 0.2) is 72.8 Å². The number of para-hydroxylation sites is 1. The second-order valence-electron chi connectivity index (χ2n) is 5.97. The number of amides is 1. The molecule has 0 saturated heterocycles. The van der Waals surface area contributed by atoms with Gasteiger partial charge in [-0.3, -0.25) is 9.36 Å². The van der Waals surface area contributed by atoms with E-state index in [0.29, 0.717) is 12.1 Å². The van der Waals surface area contributed by atoms with Gasteiger partial charge in [-0.1, -0.05) is 55.1 Å². The zero-order valence-corrected chi connectivity index (χ0v) is 14.5. The molecule has 0 atom stereocenters. The molecule has 126 valence electrons. The molecule has 0 aliphatic rings. The first kappa shape index (κ1) is 16.7. The van der Waals surface area contributed by atoms with Crippen LogP contribution in [0.3, 0.4) is 0 Å². The Balaban J connectivity index is 2.10. The average Bonchev–Trinajstić information content (AvgIpc) is 2.97. The van der Waals surface area contributed by atoms with E-state index in [1.54, 1.807) is 6.92 Å². The number of benzene rings is 2. The van der Waals surface area contributed by atoms with E-state index in [9.17, 15) is 4.79 Å². The van der Waals surface area contributed by atoms with Crippen molar-refractivity contribution in [1.29, 1.82) is 0 Å². The minimum atomic E-state index is -0.151. The topological polar surface area (TPSA) is 46.9 Å². The Bertz CT molecular complexity index is 896. The van der Waals surface area contributed by atoms with E-state index in [1.165, 1.54) is 0 Å². The number of carbonyl (C=O) groups is 1. The Morgan fingerprint density at radius 2 is 1.68 bits per heavy atom. The van der Waals surface area contributed by atoms with Gasteiger partial charge in [-0.2, -0.15) is 0 Å². The number of nitrogens with zero attached hydrogens (tertiary/aromatic N) is 2. The van der Waals surface area contributed by atoms with Crippen LogP contribution in [0.2, 0.25) is 0 Å². The van der Waals surface area contributed by atoms with Crippen molar-refractivity contribution in [1.82, 2.24) is 14.9 Å². The molecule has 0 bridgehead atoms. The number of hydrogen-bond donors (Lipinski definition) is 1. The maximum atomic E-state index is 11.9. The van der Waals surface area contributed by atoms with Crippen LogP contribution in [0.25, 0.3) is 17.1 Å². The lowest BCUT2D eigenvalue weighted by Crippen LogP contribution is -2.24. The van der Waals surface area contributed by atoms with Crippen molar-refractivity contribution in [3.8, 4) is 17.1 Å². The molecule has 0 saturated carbocycles. The van der Waals surface area contributed by atoms with Crippen molar-refractivity contribution < 1.29 is 4.79 Å². The normalized spacial score (nSPS) is 10.5. The fourth-order valence-corrected chi connectivity index (χ4v) is 2.72. The predicted molar refractivity (Wildman–Crippen MR) is 100 cm³/mol. The summed E-state index contributed by atoms with van der Waals surface area (Å²) in [5.41, 5.74) is 4.39. The standard InChI is InChI=1S/C21H21N3O/c1-15(2)21(25)22-14-19-16(3)23-20(17-10-6-4-7-11-17)24(19)18-12-8-5-9-13-18/h4-13H,1,14H2,2-3H3,(H,22,25). The smallest absolute Gasteiger partial charge is 0.246 e. The molecule has 1 amide bonds. The minimum Gasteiger partial charge on any atom is -0.347 e. The minimum absolute atomic E-state index is 0.151. The summed E-state index contributed by atoms with van der Waals surface area (Å²) >= 11 is 0. The molecule has 4 nitrogen and oxygen atoms in total. The third-order valence-electron chi connectivity index (χ3n) is 4.02. The Labute approximate surface area is 147 Å². The molecule has 0 aliphatic heterocycles. The Hall–Kier alpha value is -3.14. The first-order chi connectivity index (χ1) is 12.1. The molecule has 0 spiro atoms. The number of hydrogen-bond acceptors (Lipinski definition) is 2. The lowest BCUT2D eigenvalue weighted by molar-refractivity contribution is -0.117. The van der Waals surface area contributed by atoms with Crippen molar-refractivity contribution in [2.75, 3.05) is 0 Å². The zero-order chi connectivity index (χ0) is 17.8. The molecule has 4 heteroatoms. The van der Waals surface area contributed by atoms with Crippen molar-refractivity contribution in [2.45, 2.75) is 20.4 Å². The molecule has 1 heterocycles. The summed E-state index contributed by atoms with van der Waals surface area (Å²) in [6.45, 7) is 7.75. The summed E-state index contributed by atoms with van der Waals surface area (Å²) in [6.07, 6.45) is 0. The van der Waals surface area contributed by atoms with Crippen molar-refractivity contribution in [2.24, 2.45) is 0 Å². The second kappa shape index (κ2) is 7.18. The Morgan fingerprint density at radius 1 is 1.08 bits per heavy atom. The highest BCUT2D eigenvalue weighted by Gasteiger charge is 2.17. The van der Waals surface area contributed by atoms with Crippen molar-refractivity contribution in [3.63, 3.8) is 0 Å². The van der Waals surface area contributed by atoms with Gasteiger partial charge < -0.3 is 5.32 Å². The van der Waals surface area contributed by atoms with E-state index in [1.807, 2.05) is 67.6 Å². The number of rotatable bonds is 5. The van der Waals surface area contributed by atoms with E-state index >= 15 is 0 Å². The van der Waals surface area contributed by atoms with Gasteiger partial charge in [0.15, 0.2) is 0 Å². The third kappa shape index (κ3) is 3.53. The number of nitrogens with one attached hydrogen (secondary N) is 1. The lowest BCUT2D eigenvalue weighted by atomic mass is 10.2. The second-order valence-corrected chi connectivity index (χ2v) is 5.97. The zero-order valence-electron chi connectivity index (χ0n) is 14.5. The highest BCUT2D eigenvalue weighted by Crippen LogP contribution is 2.26. The summed E-state index contributed by atoms with van der Waals surface area (Å²) < 4.78 is 2.10. The van der Waals surface area contributed by atoms with Crippen molar-refractivity contribution >= 4 is 5.91 Å². The molecule has 2 aromatic carbocycles. The molecule has 25 heavy (non-hydrogen) atoms. The third-order valence-corrected chi connectivity index (χ3v) is 4.02. The molecule has 0 radical (unpaired) electrons. The summed E-state index contributed by atoms with van der Waals surface area (Å²) in [5, 5.41) is 2.91. The molecule has 3 aromatic rings. The highest BCUT2D eigenvalue weighted by molar-refractivity contribution is 5.92. The molecule has 0 unspecified atom stereocenters. The number of aryl methyl sites for hydroxylation is 1. The summed E-state index contributed by atoms with van der Waals surface area (Å²) in [6, 6.07) is 20.1. The van der Waals surface area contributed by atoms with Crippen molar-refractivity contribution in [3.05, 3.63) is 84.2 Å². The molecular weight excluding hydrogens is 310 g/mol. The first-order valence-corrected chi connectivity index (χ1v) is 8.20. The van der Waals surface area contributed by atoms with E-state index in [4.69, 9.17) is 4.98 Å². The van der Waals surface area contributed by atoms with Crippen LogP contribution in [0, 0.1) is 6.92 Å². The van der Waals surface area contributed by atoms with E-state index in [2.05, 4.69) is 16.5 Å². The summed E-state index contributed by atoms with van der Waals surface area (Å²) in [7, 11) is 0. The number of carbonyl (C=O) groups excluding carboxylic acids is 1. The van der Waals surface area contributed by atoms with Crippen LogP contribution >= 0.6 is 0 Å². The molecular formula is C21H21N3O. The van der Waals surface area contributed by atoms with Crippen LogP contribution in [0.4, 0.5) is 0 Å². The van der Waals surface area contributed by atoms with Gasteiger partial charge in [0, 0.05) is 16.8 Å². The summed E-state index contributed by atoms with van der Waals surface area (Å²) in [5.74, 6) is 0.713. The Kier molecular flexibility index (Phi) is 4.80. The largest absolute Gasteiger partial charge is 0.347 e. The first-order valence-electron chi connectivity index (χ1n) is 8.20. The molecule has 0 fully saturated rings. The van der Waals surface area contributed by atoms with Gasteiger partial charge in [-0.05, 0) is 26.0 Å².